The van der Waals surface area contributed by atoms with E-state index in [-0.39, 0.29) is 6.42 Å². The van der Waals surface area contributed by atoms with Gasteiger partial charge in [-0.15, -0.1) is 0 Å². The van der Waals surface area contributed by atoms with Crippen LogP contribution in [0.15, 0.2) is 12.5 Å². The van der Waals surface area contributed by atoms with Crippen LogP contribution in [-0.4, -0.2) is 33.8 Å². The molecule has 0 aliphatic rings. The normalized spacial score (nSPS) is 12.5. The summed E-state index contributed by atoms with van der Waals surface area (Å²) in [7, 11) is 1.25. The summed E-state index contributed by atoms with van der Waals surface area (Å²) in [6.07, 6.45) is 2.43. The van der Waals surface area contributed by atoms with Gasteiger partial charge in [-0.2, -0.15) is 0 Å². The number of aryl methyl sites for hydroxylation is 1. The summed E-state index contributed by atoms with van der Waals surface area (Å²) < 4.78 is 6.28. The van der Waals surface area contributed by atoms with Crippen LogP contribution in [0.25, 0.3) is 0 Å². The van der Waals surface area contributed by atoms with E-state index in [2.05, 4.69) is 9.72 Å². The minimum absolute atomic E-state index is 0.237. The number of imidazole rings is 1. The molecule has 0 spiro atoms. The molecule has 1 aromatic rings. The second-order valence-electron chi connectivity index (χ2n) is 2.91. The molecule has 0 aliphatic carbocycles. The van der Waals surface area contributed by atoms with Crippen molar-refractivity contribution in [2.45, 2.75) is 26.0 Å². The molecule has 78 valence electrons. The molecule has 1 aromatic heterocycles. The maximum atomic E-state index is 10.9. The largest absolute Gasteiger partial charge is 0.467 e. The fourth-order valence-electron chi connectivity index (χ4n) is 1.22. The maximum Gasteiger partial charge on any atom is 0.335 e. The monoisotopic (exact) mass is 198 g/mol. The number of hydrogen-bond donors (Lipinski definition) is 1. The molecule has 5 nitrogen and oxygen atoms in total. The van der Waals surface area contributed by atoms with Gasteiger partial charge in [0.15, 0.2) is 6.10 Å². The van der Waals surface area contributed by atoms with Gasteiger partial charge in [-0.25, -0.2) is 9.78 Å². The molecule has 0 saturated carbocycles. The first-order valence-corrected chi connectivity index (χ1v) is 4.44. The lowest BCUT2D eigenvalue weighted by atomic mass is 10.2. The van der Waals surface area contributed by atoms with Crippen molar-refractivity contribution in [3.63, 3.8) is 0 Å². The lowest BCUT2D eigenvalue weighted by Gasteiger charge is -2.09. The first-order chi connectivity index (χ1) is 6.69. The zero-order valence-corrected chi connectivity index (χ0v) is 8.30. The van der Waals surface area contributed by atoms with Crippen LogP contribution < -0.4 is 0 Å². The van der Waals surface area contributed by atoms with Gasteiger partial charge >= 0.3 is 5.97 Å². The molecule has 14 heavy (non-hydrogen) atoms. The van der Waals surface area contributed by atoms with Gasteiger partial charge in [0.1, 0.15) is 0 Å². The summed E-state index contributed by atoms with van der Waals surface area (Å²) in [6.45, 7) is 2.74. The van der Waals surface area contributed by atoms with E-state index in [0.29, 0.717) is 0 Å². The van der Waals surface area contributed by atoms with Crippen molar-refractivity contribution in [2.24, 2.45) is 0 Å². The van der Waals surface area contributed by atoms with Crippen LogP contribution in [0, 0.1) is 0 Å². The van der Waals surface area contributed by atoms with Gasteiger partial charge < -0.3 is 14.4 Å². The van der Waals surface area contributed by atoms with Crippen LogP contribution in [0.4, 0.5) is 0 Å². The Bertz CT molecular complexity index is 309. The highest BCUT2D eigenvalue weighted by Crippen LogP contribution is 2.04. The molecule has 0 aromatic carbocycles. The highest BCUT2D eigenvalue weighted by atomic mass is 16.5. The number of hydrogen-bond acceptors (Lipinski definition) is 4. The summed E-state index contributed by atoms with van der Waals surface area (Å²) >= 11 is 0. The molecular weight excluding hydrogens is 184 g/mol. The number of methoxy groups -OCH3 is 1. The topological polar surface area (TPSA) is 64.3 Å². The van der Waals surface area contributed by atoms with E-state index in [0.717, 1.165) is 12.2 Å². The van der Waals surface area contributed by atoms with Crippen LogP contribution >= 0.6 is 0 Å². The Balaban J connectivity index is 2.64. The molecule has 5 heteroatoms. The molecule has 0 fully saturated rings. The minimum atomic E-state index is -1.11. The summed E-state index contributed by atoms with van der Waals surface area (Å²) in [5.74, 6) is -0.617. The fourth-order valence-corrected chi connectivity index (χ4v) is 1.22. The number of ether oxygens (including phenoxy) is 1. The standard InChI is InChI=1S/C9H14N2O3/c1-3-11-6-10-5-7(11)4-8(12)9(13)14-2/h5-6,8,12H,3-4H2,1-2H3. The maximum absolute atomic E-state index is 10.9. The van der Waals surface area contributed by atoms with Gasteiger partial charge in [-0.3, -0.25) is 0 Å². The highest BCUT2D eigenvalue weighted by molar-refractivity contribution is 5.74. The number of nitrogens with zero attached hydrogens (tertiary/aromatic N) is 2. The van der Waals surface area contributed by atoms with E-state index in [1.807, 2.05) is 11.5 Å². The van der Waals surface area contributed by atoms with Gasteiger partial charge in [0.2, 0.25) is 0 Å². The average molecular weight is 198 g/mol. The van der Waals surface area contributed by atoms with Crippen LogP contribution in [0.3, 0.4) is 0 Å². The number of aromatic nitrogens is 2. The van der Waals surface area contributed by atoms with E-state index >= 15 is 0 Å². The Morgan fingerprint density at radius 3 is 3.07 bits per heavy atom. The summed E-state index contributed by atoms with van der Waals surface area (Å²) in [4.78, 5) is 14.9. The van der Waals surface area contributed by atoms with Crippen LogP contribution in [0.2, 0.25) is 0 Å². The molecular formula is C9H14N2O3. The lowest BCUT2D eigenvalue weighted by molar-refractivity contribution is -0.150. The number of aliphatic hydroxyl groups excluding tert-OH is 1. The molecule has 0 radical (unpaired) electrons. The van der Waals surface area contributed by atoms with Gasteiger partial charge in [0, 0.05) is 24.9 Å². The molecule has 1 N–H and O–H groups in total. The van der Waals surface area contributed by atoms with Crippen molar-refractivity contribution in [1.29, 1.82) is 0 Å². The Morgan fingerprint density at radius 1 is 1.79 bits per heavy atom. The quantitative estimate of drug-likeness (QED) is 0.690. The molecule has 1 atom stereocenters. The number of esters is 1. The number of rotatable bonds is 4. The highest BCUT2D eigenvalue weighted by Gasteiger charge is 2.17. The van der Waals surface area contributed by atoms with Gasteiger partial charge in [-0.1, -0.05) is 0 Å². The van der Waals surface area contributed by atoms with Crippen molar-refractivity contribution in [1.82, 2.24) is 9.55 Å². The van der Waals surface area contributed by atoms with Crippen LogP contribution in [0.5, 0.6) is 0 Å². The van der Waals surface area contributed by atoms with Crippen molar-refractivity contribution in [3.05, 3.63) is 18.2 Å². The van der Waals surface area contributed by atoms with Gasteiger partial charge in [0.05, 0.1) is 13.4 Å². The predicted molar refractivity (Wildman–Crippen MR) is 49.6 cm³/mol. The minimum Gasteiger partial charge on any atom is -0.467 e. The van der Waals surface area contributed by atoms with E-state index < -0.39 is 12.1 Å². The third kappa shape index (κ3) is 2.32. The van der Waals surface area contributed by atoms with Crippen molar-refractivity contribution >= 4 is 5.97 Å². The van der Waals surface area contributed by atoms with Crippen LogP contribution in [-0.2, 0) is 22.5 Å². The Morgan fingerprint density at radius 2 is 2.50 bits per heavy atom. The third-order valence-corrected chi connectivity index (χ3v) is 2.01. The second kappa shape index (κ2) is 4.76. The average Bonchev–Trinajstić information content (AvgIpc) is 2.63. The number of carbonyl (C=O) groups is 1. The number of aliphatic hydroxyl groups is 1. The Kier molecular flexibility index (Phi) is 3.64. The molecule has 0 amide bonds. The van der Waals surface area contributed by atoms with Crippen molar-refractivity contribution in [2.75, 3.05) is 7.11 Å². The molecule has 0 bridgehead atoms. The van der Waals surface area contributed by atoms with Crippen molar-refractivity contribution in [3.8, 4) is 0 Å². The first kappa shape index (κ1) is 10.7. The van der Waals surface area contributed by atoms with E-state index in [1.54, 1.807) is 12.5 Å². The second-order valence-corrected chi connectivity index (χ2v) is 2.91. The molecule has 0 saturated heterocycles. The number of carbonyl (C=O) groups excluding carboxylic acids is 1. The van der Waals surface area contributed by atoms with E-state index in [4.69, 9.17) is 0 Å². The summed E-state index contributed by atoms with van der Waals surface area (Å²) in [5.41, 5.74) is 0.824. The summed E-state index contributed by atoms with van der Waals surface area (Å²) in [5, 5.41) is 9.39. The fraction of sp³-hybridized carbons (Fsp3) is 0.556. The molecule has 1 rings (SSSR count). The zero-order chi connectivity index (χ0) is 10.6. The van der Waals surface area contributed by atoms with E-state index in [9.17, 15) is 9.90 Å². The molecule has 1 heterocycles. The predicted octanol–water partition coefficient (Wildman–Crippen LogP) is -0.0206. The van der Waals surface area contributed by atoms with Gasteiger partial charge in [-0.05, 0) is 6.92 Å². The molecule has 0 aliphatic heterocycles. The first-order valence-electron chi connectivity index (χ1n) is 4.44. The zero-order valence-electron chi connectivity index (χ0n) is 8.30. The van der Waals surface area contributed by atoms with Gasteiger partial charge in [0.25, 0.3) is 0 Å². The molecule has 1 unspecified atom stereocenters. The Hall–Kier alpha value is -1.36. The summed E-state index contributed by atoms with van der Waals surface area (Å²) in [6, 6.07) is 0. The van der Waals surface area contributed by atoms with Crippen molar-refractivity contribution < 1.29 is 14.6 Å². The van der Waals surface area contributed by atoms with E-state index in [1.165, 1.54) is 7.11 Å². The van der Waals surface area contributed by atoms with Crippen LogP contribution in [0.1, 0.15) is 12.6 Å². The third-order valence-electron chi connectivity index (χ3n) is 2.01. The SMILES string of the molecule is CCn1cncc1CC(O)C(=O)OC. The Labute approximate surface area is 82.3 Å². The lowest BCUT2D eigenvalue weighted by Crippen LogP contribution is -2.25. The smallest absolute Gasteiger partial charge is 0.335 e.